The van der Waals surface area contributed by atoms with E-state index in [2.05, 4.69) is 20.9 Å². The van der Waals surface area contributed by atoms with Crippen LogP contribution in [0.5, 0.6) is 0 Å². The number of aryl methyl sites for hydroxylation is 1. The van der Waals surface area contributed by atoms with Crippen molar-refractivity contribution in [3.63, 3.8) is 0 Å². The van der Waals surface area contributed by atoms with Gasteiger partial charge in [-0.3, -0.25) is 4.79 Å². The summed E-state index contributed by atoms with van der Waals surface area (Å²) in [7, 11) is 0. The molecule has 0 aliphatic heterocycles. The maximum atomic E-state index is 12.2. The maximum Gasteiger partial charge on any atom is 0.185 e. The van der Waals surface area contributed by atoms with Crippen molar-refractivity contribution in [2.45, 2.75) is 6.92 Å². The van der Waals surface area contributed by atoms with Gasteiger partial charge in [-0.05, 0) is 48.9 Å². The normalized spacial score (nSPS) is 11.3. The Morgan fingerprint density at radius 1 is 1.17 bits per heavy atom. The van der Waals surface area contributed by atoms with Crippen LogP contribution in [0.15, 0.2) is 59.1 Å². The molecule has 0 aliphatic carbocycles. The fourth-order valence-electron chi connectivity index (χ4n) is 2.29. The average Bonchev–Trinajstić information content (AvgIpc) is 2.52. The van der Waals surface area contributed by atoms with E-state index in [1.54, 1.807) is 18.2 Å². The van der Waals surface area contributed by atoms with Crippen molar-refractivity contribution in [1.82, 2.24) is 4.98 Å². The molecule has 0 saturated carbocycles. The first kappa shape index (κ1) is 15.9. The van der Waals surface area contributed by atoms with E-state index in [1.165, 1.54) is 6.08 Å². The van der Waals surface area contributed by atoms with E-state index < -0.39 is 0 Å². The zero-order valence-electron chi connectivity index (χ0n) is 12.4. The number of nitrogens with zero attached hydrogens (tertiary/aromatic N) is 1. The molecule has 0 spiro atoms. The maximum absolute atomic E-state index is 12.2. The summed E-state index contributed by atoms with van der Waals surface area (Å²) in [6, 6.07) is 15.2. The minimum absolute atomic E-state index is 0.0774. The van der Waals surface area contributed by atoms with Gasteiger partial charge < -0.3 is 0 Å². The van der Waals surface area contributed by atoms with E-state index in [0.29, 0.717) is 10.7 Å². The predicted molar refractivity (Wildman–Crippen MR) is 99.0 cm³/mol. The Labute approximate surface area is 147 Å². The summed E-state index contributed by atoms with van der Waals surface area (Å²) >= 11 is 9.59. The molecule has 4 heteroatoms. The number of carbonyl (C=O) groups is 1. The van der Waals surface area contributed by atoms with Gasteiger partial charge >= 0.3 is 0 Å². The third-order valence-corrected chi connectivity index (χ3v) is 4.27. The lowest BCUT2D eigenvalue weighted by Gasteiger charge is -2.03. The summed E-state index contributed by atoms with van der Waals surface area (Å²) in [5.41, 5.74) is 3.34. The van der Waals surface area contributed by atoms with Gasteiger partial charge in [-0.1, -0.05) is 51.8 Å². The van der Waals surface area contributed by atoms with Crippen LogP contribution in [0, 0.1) is 6.92 Å². The number of rotatable bonds is 3. The number of carbonyl (C=O) groups excluding carboxylic acids is 1. The van der Waals surface area contributed by atoms with Gasteiger partial charge in [0.25, 0.3) is 0 Å². The summed E-state index contributed by atoms with van der Waals surface area (Å²) in [6.45, 7) is 2.01. The highest BCUT2D eigenvalue weighted by atomic mass is 79.9. The molecule has 0 fully saturated rings. The first-order chi connectivity index (χ1) is 11.0. The second kappa shape index (κ2) is 6.65. The average molecular weight is 387 g/mol. The fourth-order valence-corrected chi connectivity index (χ4v) is 2.90. The molecule has 0 unspecified atom stereocenters. The third kappa shape index (κ3) is 3.69. The van der Waals surface area contributed by atoms with E-state index in [-0.39, 0.29) is 5.78 Å². The number of hydrogen-bond acceptors (Lipinski definition) is 2. The van der Waals surface area contributed by atoms with Crippen molar-refractivity contribution in [3.05, 3.63) is 80.9 Å². The topological polar surface area (TPSA) is 30.0 Å². The van der Waals surface area contributed by atoms with Gasteiger partial charge in [-0.15, -0.1) is 0 Å². The van der Waals surface area contributed by atoms with Crippen molar-refractivity contribution >= 4 is 50.3 Å². The molecule has 3 aromatic rings. The summed E-state index contributed by atoms with van der Waals surface area (Å²) in [4.78, 5) is 16.6. The van der Waals surface area contributed by atoms with Crippen molar-refractivity contribution in [1.29, 1.82) is 0 Å². The largest absolute Gasteiger partial charge is 0.289 e. The molecular formula is C19H13BrClNO. The first-order valence-electron chi connectivity index (χ1n) is 7.08. The molecule has 0 atom stereocenters. The van der Waals surface area contributed by atoms with E-state index in [1.807, 2.05) is 43.3 Å². The summed E-state index contributed by atoms with van der Waals surface area (Å²) in [6.07, 6.45) is 3.22. The Bertz CT molecular complexity index is 934. The van der Waals surface area contributed by atoms with E-state index in [0.717, 1.165) is 26.5 Å². The van der Waals surface area contributed by atoms with Crippen LogP contribution in [-0.2, 0) is 0 Å². The Morgan fingerprint density at radius 2 is 2.00 bits per heavy atom. The standard InChI is InChI=1S/C19H13BrClNO/c1-12-5-6-13-10-15(19(21)22-17(13)9-12)7-8-18(23)14-3-2-4-16(20)11-14/h2-11H,1H3/b8-7+. The molecule has 0 aliphatic rings. The van der Waals surface area contributed by atoms with Crippen LogP contribution >= 0.6 is 27.5 Å². The van der Waals surface area contributed by atoms with Gasteiger partial charge in [0.2, 0.25) is 0 Å². The van der Waals surface area contributed by atoms with Crippen molar-refractivity contribution in [3.8, 4) is 0 Å². The molecule has 0 amide bonds. The fraction of sp³-hybridized carbons (Fsp3) is 0.0526. The molecule has 0 N–H and O–H groups in total. The molecule has 1 heterocycles. The second-order valence-electron chi connectivity index (χ2n) is 5.27. The minimum Gasteiger partial charge on any atom is -0.289 e. The highest BCUT2D eigenvalue weighted by Crippen LogP contribution is 2.23. The quantitative estimate of drug-likeness (QED) is 0.321. The molecule has 0 saturated heterocycles. The van der Waals surface area contributed by atoms with E-state index in [4.69, 9.17) is 11.6 Å². The SMILES string of the molecule is Cc1ccc2cc(/C=C/C(=O)c3cccc(Br)c3)c(Cl)nc2c1. The number of halogens is 2. The van der Waals surface area contributed by atoms with Gasteiger partial charge in [0.05, 0.1) is 5.52 Å². The van der Waals surface area contributed by atoms with Crippen LogP contribution in [0.1, 0.15) is 21.5 Å². The van der Waals surface area contributed by atoms with Crippen LogP contribution in [0.25, 0.3) is 17.0 Å². The lowest BCUT2D eigenvalue weighted by molar-refractivity contribution is 0.104. The molecule has 1 aromatic heterocycles. The van der Waals surface area contributed by atoms with Gasteiger partial charge in [-0.2, -0.15) is 0 Å². The lowest BCUT2D eigenvalue weighted by atomic mass is 10.1. The number of pyridine rings is 1. The van der Waals surface area contributed by atoms with Gasteiger partial charge in [-0.25, -0.2) is 4.98 Å². The number of allylic oxidation sites excluding steroid dienone is 1. The van der Waals surface area contributed by atoms with Crippen molar-refractivity contribution in [2.75, 3.05) is 0 Å². The Morgan fingerprint density at radius 3 is 2.78 bits per heavy atom. The van der Waals surface area contributed by atoms with Crippen LogP contribution in [0.3, 0.4) is 0 Å². The van der Waals surface area contributed by atoms with Crippen molar-refractivity contribution in [2.24, 2.45) is 0 Å². The zero-order chi connectivity index (χ0) is 16.4. The number of ketones is 1. The molecule has 23 heavy (non-hydrogen) atoms. The van der Waals surface area contributed by atoms with Gasteiger partial charge in [0, 0.05) is 21.0 Å². The molecule has 0 radical (unpaired) electrons. The Balaban J connectivity index is 1.93. The Hall–Kier alpha value is -1.97. The smallest absolute Gasteiger partial charge is 0.185 e. The molecule has 2 aromatic carbocycles. The predicted octanol–water partition coefficient (Wildman–Crippen LogP) is 5.86. The lowest BCUT2D eigenvalue weighted by Crippen LogP contribution is -1.94. The van der Waals surface area contributed by atoms with Gasteiger partial charge in [0.1, 0.15) is 5.15 Å². The minimum atomic E-state index is -0.0774. The highest BCUT2D eigenvalue weighted by Gasteiger charge is 2.05. The monoisotopic (exact) mass is 385 g/mol. The summed E-state index contributed by atoms with van der Waals surface area (Å²) in [5, 5.41) is 1.39. The highest BCUT2D eigenvalue weighted by molar-refractivity contribution is 9.10. The van der Waals surface area contributed by atoms with Crippen LogP contribution < -0.4 is 0 Å². The van der Waals surface area contributed by atoms with E-state index >= 15 is 0 Å². The van der Waals surface area contributed by atoms with Gasteiger partial charge in [0.15, 0.2) is 5.78 Å². The number of benzene rings is 2. The third-order valence-electron chi connectivity index (χ3n) is 3.48. The first-order valence-corrected chi connectivity index (χ1v) is 8.25. The molecule has 2 nitrogen and oxygen atoms in total. The molecule has 3 rings (SSSR count). The van der Waals surface area contributed by atoms with E-state index in [9.17, 15) is 4.79 Å². The summed E-state index contributed by atoms with van der Waals surface area (Å²) in [5.74, 6) is -0.0774. The van der Waals surface area contributed by atoms with Crippen LogP contribution in [-0.4, -0.2) is 10.8 Å². The second-order valence-corrected chi connectivity index (χ2v) is 6.55. The summed E-state index contributed by atoms with van der Waals surface area (Å²) < 4.78 is 0.873. The Kier molecular flexibility index (Phi) is 4.60. The number of hydrogen-bond donors (Lipinski definition) is 0. The number of fused-ring (bicyclic) bond motifs is 1. The number of aromatic nitrogens is 1. The van der Waals surface area contributed by atoms with Crippen LogP contribution in [0.4, 0.5) is 0 Å². The van der Waals surface area contributed by atoms with Crippen molar-refractivity contribution < 1.29 is 4.79 Å². The molecule has 0 bridgehead atoms. The van der Waals surface area contributed by atoms with Crippen LogP contribution in [0.2, 0.25) is 5.15 Å². The molecule has 114 valence electrons. The zero-order valence-corrected chi connectivity index (χ0v) is 14.7. The molecular weight excluding hydrogens is 374 g/mol.